The van der Waals surface area contributed by atoms with Crippen molar-refractivity contribution in [3.63, 3.8) is 0 Å². The Morgan fingerprint density at radius 2 is 1.73 bits per heavy atom. The summed E-state index contributed by atoms with van der Waals surface area (Å²) in [5.41, 5.74) is 4.18. The minimum atomic E-state index is -0.00927. The number of aromatic amines is 1. The van der Waals surface area contributed by atoms with E-state index in [1.807, 2.05) is 47.4 Å². The molecule has 1 amide bonds. The Balaban J connectivity index is 1.23. The van der Waals surface area contributed by atoms with E-state index in [0.29, 0.717) is 19.4 Å². The number of para-hydroxylation sites is 1. The number of rotatable bonds is 6. The van der Waals surface area contributed by atoms with E-state index >= 15 is 0 Å². The molecular formula is C25H22N4O. The third-order valence-corrected chi connectivity index (χ3v) is 5.43. The second kappa shape index (κ2) is 7.87. The van der Waals surface area contributed by atoms with Gasteiger partial charge >= 0.3 is 0 Å². The van der Waals surface area contributed by atoms with Crippen molar-refractivity contribution in [3.05, 3.63) is 96.4 Å². The lowest BCUT2D eigenvalue weighted by Gasteiger charge is -2.06. The molecule has 0 saturated carbocycles. The molecule has 0 bridgehead atoms. The zero-order valence-corrected chi connectivity index (χ0v) is 16.5. The van der Waals surface area contributed by atoms with Crippen molar-refractivity contribution in [2.75, 3.05) is 5.32 Å². The van der Waals surface area contributed by atoms with Gasteiger partial charge < -0.3 is 10.3 Å². The Morgan fingerprint density at radius 1 is 0.933 bits per heavy atom. The Kier molecular flexibility index (Phi) is 4.77. The van der Waals surface area contributed by atoms with Gasteiger partial charge in [0.2, 0.25) is 5.91 Å². The summed E-state index contributed by atoms with van der Waals surface area (Å²) in [4.78, 5) is 15.7. The van der Waals surface area contributed by atoms with Crippen LogP contribution in [0, 0.1) is 0 Å². The number of carbonyl (C=O) groups excluding carboxylic acids is 1. The zero-order valence-electron chi connectivity index (χ0n) is 16.5. The van der Waals surface area contributed by atoms with E-state index in [-0.39, 0.29) is 5.91 Å². The Morgan fingerprint density at radius 3 is 2.67 bits per heavy atom. The number of nitrogens with zero attached hydrogens (tertiary/aromatic N) is 2. The summed E-state index contributed by atoms with van der Waals surface area (Å²) in [6, 6.07) is 22.8. The molecule has 0 aliphatic rings. The molecule has 5 aromatic rings. The molecule has 0 fully saturated rings. The molecule has 0 radical (unpaired) electrons. The minimum absolute atomic E-state index is 0.00927. The highest BCUT2D eigenvalue weighted by atomic mass is 16.1. The van der Waals surface area contributed by atoms with Crippen molar-refractivity contribution in [3.8, 4) is 0 Å². The molecule has 0 aliphatic heterocycles. The predicted octanol–water partition coefficient (Wildman–Crippen LogP) is 5.14. The van der Waals surface area contributed by atoms with E-state index in [2.05, 4.69) is 51.8 Å². The van der Waals surface area contributed by atoms with Gasteiger partial charge in [-0.3, -0.25) is 9.48 Å². The summed E-state index contributed by atoms with van der Waals surface area (Å²) in [6.07, 6.45) is 6.69. The van der Waals surface area contributed by atoms with E-state index in [1.165, 1.54) is 21.7 Å². The average molecular weight is 394 g/mol. The molecule has 2 aromatic heterocycles. The van der Waals surface area contributed by atoms with Crippen LogP contribution in [-0.4, -0.2) is 20.7 Å². The Hall–Kier alpha value is -3.86. The van der Waals surface area contributed by atoms with E-state index < -0.39 is 0 Å². The van der Waals surface area contributed by atoms with Crippen molar-refractivity contribution < 1.29 is 4.79 Å². The first-order chi connectivity index (χ1) is 14.8. The second-order valence-corrected chi connectivity index (χ2v) is 7.47. The summed E-state index contributed by atoms with van der Waals surface area (Å²) < 4.78 is 1.86. The summed E-state index contributed by atoms with van der Waals surface area (Å²) >= 11 is 0. The molecule has 0 aliphatic carbocycles. The Bertz CT molecular complexity index is 1330. The lowest BCUT2D eigenvalue weighted by Crippen LogP contribution is -2.11. The van der Waals surface area contributed by atoms with Crippen molar-refractivity contribution in [2.24, 2.45) is 0 Å². The minimum Gasteiger partial charge on any atom is -0.361 e. The van der Waals surface area contributed by atoms with Crippen molar-refractivity contribution in [1.29, 1.82) is 0 Å². The molecule has 3 aromatic carbocycles. The van der Waals surface area contributed by atoms with Crippen LogP contribution in [0.5, 0.6) is 0 Å². The fourth-order valence-corrected chi connectivity index (χ4v) is 3.93. The van der Waals surface area contributed by atoms with Gasteiger partial charge in [-0.15, -0.1) is 0 Å². The Labute approximate surface area is 174 Å². The number of carbonyl (C=O) groups is 1. The van der Waals surface area contributed by atoms with Gasteiger partial charge in [0.25, 0.3) is 0 Å². The maximum Gasteiger partial charge on any atom is 0.224 e. The summed E-state index contributed by atoms with van der Waals surface area (Å²) in [7, 11) is 0. The third kappa shape index (κ3) is 3.70. The van der Waals surface area contributed by atoms with Crippen LogP contribution in [0.15, 0.2) is 85.3 Å². The predicted molar refractivity (Wildman–Crippen MR) is 121 cm³/mol. The lowest BCUT2D eigenvalue weighted by atomic mass is 10.0. The van der Waals surface area contributed by atoms with Crippen LogP contribution in [-0.2, 0) is 17.8 Å². The van der Waals surface area contributed by atoms with Crippen LogP contribution in [0.1, 0.15) is 17.5 Å². The topological polar surface area (TPSA) is 62.7 Å². The maximum atomic E-state index is 12.4. The SMILES string of the molecule is O=C(CCc1c[nH]c2ccccc12)Nc1cnn(Cc2cccc3ccccc23)c1. The van der Waals surface area contributed by atoms with Crippen LogP contribution in [0.25, 0.3) is 21.7 Å². The molecule has 2 heterocycles. The van der Waals surface area contributed by atoms with Gasteiger partial charge in [-0.1, -0.05) is 60.7 Å². The lowest BCUT2D eigenvalue weighted by molar-refractivity contribution is -0.116. The van der Waals surface area contributed by atoms with Crippen LogP contribution in [0.2, 0.25) is 0 Å². The highest BCUT2D eigenvalue weighted by Gasteiger charge is 2.09. The van der Waals surface area contributed by atoms with Gasteiger partial charge in [0.1, 0.15) is 0 Å². The molecule has 5 nitrogen and oxygen atoms in total. The van der Waals surface area contributed by atoms with E-state index in [0.717, 1.165) is 16.8 Å². The van der Waals surface area contributed by atoms with Crippen molar-refractivity contribution >= 4 is 33.3 Å². The molecule has 30 heavy (non-hydrogen) atoms. The molecular weight excluding hydrogens is 372 g/mol. The van der Waals surface area contributed by atoms with Gasteiger partial charge in [0.15, 0.2) is 0 Å². The average Bonchev–Trinajstić information content (AvgIpc) is 3.39. The number of anilines is 1. The van der Waals surface area contributed by atoms with Gasteiger partial charge in [0.05, 0.1) is 18.4 Å². The number of aryl methyl sites for hydroxylation is 1. The summed E-state index contributed by atoms with van der Waals surface area (Å²) in [6.45, 7) is 0.659. The highest BCUT2D eigenvalue weighted by molar-refractivity contribution is 5.91. The highest BCUT2D eigenvalue weighted by Crippen LogP contribution is 2.21. The molecule has 0 atom stereocenters. The number of fused-ring (bicyclic) bond motifs is 2. The quantitative estimate of drug-likeness (QED) is 0.419. The number of aromatic nitrogens is 3. The van der Waals surface area contributed by atoms with Gasteiger partial charge in [0, 0.05) is 29.7 Å². The molecule has 5 heteroatoms. The van der Waals surface area contributed by atoms with E-state index in [4.69, 9.17) is 0 Å². The molecule has 0 spiro atoms. The van der Waals surface area contributed by atoms with Crippen LogP contribution < -0.4 is 5.32 Å². The fraction of sp³-hybridized carbons (Fsp3) is 0.120. The normalized spacial score (nSPS) is 11.2. The number of benzene rings is 3. The van der Waals surface area contributed by atoms with Crippen LogP contribution in [0.3, 0.4) is 0 Å². The number of hydrogen-bond acceptors (Lipinski definition) is 2. The second-order valence-electron chi connectivity index (χ2n) is 7.47. The largest absolute Gasteiger partial charge is 0.361 e. The van der Waals surface area contributed by atoms with Gasteiger partial charge in [-0.05, 0) is 34.4 Å². The molecule has 0 saturated heterocycles. The fourth-order valence-electron chi connectivity index (χ4n) is 3.93. The maximum absolute atomic E-state index is 12.4. The van der Waals surface area contributed by atoms with Crippen LogP contribution >= 0.6 is 0 Å². The standard InChI is InChI=1S/C25H22N4O/c30-25(13-12-19-14-26-24-11-4-3-10-23(19)24)28-21-15-27-29(17-21)16-20-8-5-7-18-6-1-2-9-22(18)20/h1-11,14-15,17,26H,12-13,16H2,(H,28,30). The number of amides is 1. The summed E-state index contributed by atoms with van der Waals surface area (Å²) in [5.74, 6) is -0.00927. The van der Waals surface area contributed by atoms with Crippen molar-refractivity contribution in [2.45, 2.75) is 19.4 Å². The van der Waals surface area contributed by atoms with Crippen LogP contribution in [0.4, 0.5) is 5.69 Å². The first-order valence-electron chi connectivity index (χ1n) is 10.1. The number of H-pyrrole nitrogens is 1. The van der Waals surface area contributed by atoms with E-state index in [9.17, 15) is 4.79 Å². The van der Waals surface area contributed by atoms with E-state index in [1.54, 1.807) is 6.20 Å². The smallest absolute Gasteiger partial charge is 0.224 e. The molecule has 2 N–H and O–H groups in total. The van der Waals surface area contributed by atoms with Crippen molar-refractivity contribution in [1.82, 2.24) is 14.8 Å². The molecule has 148 valence electrons. The number of hydrogen-bond donors (Lipinski definition) is 2. The summed E-state index contributed by atoms with van der Waals surface area (Å²) in [5, 5.41) is 11.0. The zero-order chi connectivity index (χ0) is 20.3. The first kappa shape index (κ1) is 18.2. The van der Waals surface area contributed by atoms with Gasteiger partial charge in [-0.2, -0.15) is 5.10 Å². The monoisotopic (exact) mass is 394 g/mol. The third-order valence-electron chi connectivity index (χ3n) is 5.43. The van der Waals surface area contributed by atoms with Gasteiger partial charge in [-0.25, -0.2) is 0 Å². The molecule has 0 unspecified atom stereocenters. The number of nitrogens with one attached hydrogen (secondary N) is 2. The first-order valence-corrected chi connectivity index (χ1v) is 10.1. The molecule has 5 rings (SSSR count).